The van der Waals surface area contributed by atoms with Crippen molar-refractivity contribution in [3.05, 3.63) is 0 Å². The Kier molecular flexibility index (Phi) is 3.23. The fraction of sp³-hybridized carbons (Fsp3) is 0.727. The molecule has 0 unspecified atom stereocenters. The van der Waals surface area contributed by atoms with Crippen LogP contribution in [0, 0.1) is 18.3 Å². The van der Waals surface area contributed by atoms with Gasteiger partial charge in [0.1, 0.15) is 12.3 Å². The first-order valence-corrected chi connectivity index (χ1v) is 4.90. The van der Waals surface area contributed by atoms with Gasteiger partial charge in [-0.25, -0.2) is 9.18 Å². The number of amides is 1. The lowest BCUT2D eigenvalue weighted by molar-refractivity contribution is -0.0236. The van der Waals surface area contributed by atoms with E-state index in [4.69, 9.17) is 11.2 Å². The van der Waals surface area contributed by atoms with Gasteiger partial charge in [-0.2, -0.15) is 0 Å². The smallest absolute Gasteiger partial charge is 0.410 e. The number of hydrogen-bond donors (Lipinski definition) is 0. The lowest BCUT2D eigenvalue weighted by Crippen LogP contribution is -2.60. The predicted molar refractivity (Wildman–Crippen MR) is 55.0 cm³/mol. The van der Waals surface area contributed by atoms with Crippen LogP contribution in [-0.2, 0) is 4.74 Å². The molecule has 0 saturated carbocycles. The summed E-state index contributed by atoms with van der Waals surface area (Å²) in [6.07, 6.45) is 4.70. The van der Waals surface area contributed by atoms with E-state index in [0.29, 0.717) is 6.54 Å². The molecule has 0 aromatic rings. The third-order valence-electron chi connectivity index (χ3n) is 2.26. The van der Waals surface area contributed by atoms with Crippen LogP contribution in [0.1, 0.15) is 20.8 Å². The molecule has 1 heterocycles. The van der Waals surface area contributed by atoms with Crippen molar-refractivity contribution in [2.45, 2.75) is 32.4 Å². The van der Waals surface area contributed by atoms with E-state index in [1.54, 1.807) is 20.8 Å². The molecule has 84 valence electrons. The zero-order valence-electron chi connectivity index (χ0n) is 9.29. The molecule has 0 radical (unpaired) electrons. The van der Waals surface area contributed by atoms with Crippen LogP contribution in [-0.4, -0.2) is 35.9 Å². The highest BCUT2D eigenvalue weighted by Crippen LogP contribution is 2.26. The van der Waals surface area contributed by atoms with Gasteiger partial charge in [-0.05, 0) is 20.8 Å². The summed E-state index contributed by atoms with van der Waals surface area (Å²) in [5.41, 5.74) is -0.556. The van der Waals surface area contributed by atoms with Gasteiger partial charge in [0.15, 0.2) is 0 Å². The van der Waals surface area contributed by atoms with Crippen molar-refractivity contribution in [3.63, 3.8) is 0 Å². The minimum absolute atomic E-state index is 0.178. The number of alkyl halides is 1. The Labute approximate surface area is 89.6 Å². The summed E-state index contributed by atoms with van der Waals surface area (Å²) in [7, 11) is 0. The molecule has 0 N–H and O–H groups in total. The van der Waals surface area contributed by atoms with Crippen molar-refractivity contribution in [1.29, 1.82) is 0 Å². The second-order valence-corrected chi connectivity index (χ2v) is 4.63. The van der Waals surface area contributed by atoms with Crippen LogP contribution in [0.3, 0.4) is 0 Å². The van der Waals surface area contributed by atoms with Gasteiger partial charge in [0, 0.05) is 6.54 Å². The number of hydrogen-bond acceptors (Lipinski definition) is 2. The van der Waals surface area contributed by atoms with Gasteiger partial charge in [-0.15, -0.1) is 6.42 Å². The van der Waals surface area contributed by atoms with Crippen molar-refractivity contribution in [1.82, 2.24) is 4.90 Å². The summed E-state index contributed by atoms with van der Waals surface area (Å²) in [5.74, 6) is 2.28. The van der Waals surface area contributed by atoms with E-state index >= 15 is 0 Å². The summed E-state index contributed by atoms with van der Waals surface area (Å²) < 4.78 is 17.7. The molecule has 2 atom stereocenters. The van der Waals surface area contributed by atoms with E-state index in [9.17, 15) is 9.18 Å². The van der Waals surface area contributed by atoms with E-state index in [1.165, 1.54) is 4.90 Å². The number of rotatable bonds is 1. The molecule has 1 saturated heterocycles. The fourth-order valence-corrected chi connectivity index (χ4v) is 1.43. The average Bonchev–Trinajstić information content (AvgIpc) is 2.00. The number of ether oxygens (including phenoxy) is 1. The second kappa shape index (κ2) is 4.09. The minimum Gasteiger partial charge on any atom is -0.444 e. The maximum Gasteiger partial charge on any atom is 0.410 e. The topological polar surface area (TPSA) is 29.5 Å². The van der Waals surface area contributed by atoms with E-state index in [1.807, 2.05) is 0 Å². The van der Waals surface area contributed by atoms with Crippen LogP contribution in [0.5, 0.6) is 0 Å². The molecule has 1 rings (SSSR count). The lowest BCUT2D eigenvalue weighted by atomic mass is 9.91. The van der Waals surface area contributed by atoms with Gasteiger partial charge in [-0.1, -0.05) is 5.92 Å². The summed E-state index contributed by atoms with van der Waals surface area (Å²) in [6.45, 7) is 5.09. The maximum absolute atomic E-state index is 12.6. The Bertz CT molecular complexity index is 290. The third-order valence-corrected chi connectivity index (χ3v) is 2.26. The Balaban J connectivity index is 2.54. The second-order valence-electron chi connectivity index (χ2n) is 4.63. The quantitative estimate of drug-likeness (QED) is 0.622. The lowest BCUT2D eigenvalue weighted by Gasteiger charge is -2.44. The molecular formula is C11H16FNO2. The third kappa shape index (κ3) is 2.62. The van der Waals surface area contributed by atoms with Gasteiger partial charge in [0.25, 0.3) is 0 Å². The molecule has 0 bridgehead atoms. The molecule has 15 heavy (non-hydrogen) atoms. The number of carbonyl (C=O) groups excluding carboxylic acids is 1. The molecule has 0 aromatic carbocycles. The van der Waals surface area contributed by atoms with Crippen molar-refractivity contribution in [2.24, 2.45) is 5.92 Å². The highest BCUT2D eigenvalue weighted by atomic mass is 19.1. The molecule has 0 spiro atoms. The van der Waals surface area contributed by atoms with Gasteiger partial charge >= 0.3 is 6.09 Å². The number of terminal acetylenes is 1. The standard InChI is InChI=1S/C11H16FNO2/c1-5-8-7-13(9(8)6-12)10(14)15-11(2,3)4/h1,8-9H,6-7H2,2-4H3/t8-,9+/m0/s1. The molecule has 4 heteroatoms. The summed E-state index contributed by atoms with van der Waals surface area (Å²) in [6, 6.07) is -0.509. The van der Waals surface area contributed by atoms with Crippen LogP contribution in [0.4, 0.5) is 9.18 Å². The molecule has 3 nitrogen and oxygen atoms in total. The number of nitrogens with zero attached hydrogens (tertiary/aromatic N) is 1. The molecule has 1 aliphatic rings. The van der Waals surface area contributed by atoms with Crippen molar-refractivity contribution >= 4 is 6.09 Å². The minimum atomic E-state index is -0.617. The number of likely N-dealkylation sites (tertiary alicyclic amines) is 1. The summed E-state index contributed by atoms with van der Waals surface area (Å²) in [5, 5.41) is 0. The van der Waals surface area contributed by atoms with Gasteiger partial charge in [0.05, 0.1) is 12.0 Å². The molecule has 1 fully saturated rings. The van der Waals surface area contributed by atoms with Crippen molar-refractivity contribution in [2.75, 3.05) is 13.2 Å². The zero-order valence-corrected chi connectivity index (χ0v) is 9.29. The predicted octanol–water partition coefficient (Wildman–Crippen LogP) is 1.82. The van der Waals surface area contributed by atoms with E-state index < -0.39 is 24.4 Å². The maximum atomic E-state index is 12.6. The van der Waals surface area contributed by atoms with Crippen molar-refractivity contribution in [3.8, 4) is 12.3 Å². The molecule has 0 aromatic heterocycles. The van der Waals surface area contributed by atoms with Crippen molar-refractivity contribution < 1.29 is 13.9 Å². The Hall–Kier alpha value is -1.24. The van der Waals surface area contributed by atoms with Crippen LogP contribution in [0.25, 0.3) is 0 Å². The van der Waals surface area contributed by atoms with Crippen LogP contribution >= 0.6 is 0 Å². The first-order chi connectivity index (χ1) is 6.89. The Morgan fingerprint density at radius 1 is 1.67 bits per heavy atom. The highest BCUT2D eigenvalue weighted by molar-refractivity contribution is 5.70. The zero-order chi connectivity index (χ0) is 11.6. The average molecular weight is 213 g/mol. The molecular weight excluding hydrogens is 197 g/mol. The van der Waals surface area contributed by atoms with Gasteiger partial charge in [0.2, 0.25) is 0 Å². The van der Waals surface area contributed by atoms with Gasteiger partial charge in [-0.3, -0.25) is 4.90 Å². The van der Waals surface area contributed by atoms with Crippen LogP contribution < -0.4 is 0 Å². The number of carbonyl (C=O) groups is 1. The van der Waals surface area contributed by atoms with E-state index in [2.05, 4.69) is 5.92 Å². The Morgan fingerprint density at radius 3 is 2.67 bits per heavy atom. The molecule has 1 aliphatic heterocycles. The summed E-state index contributed by atoms with van der Waals surface area (Å²) in [4.78, 5) is 12.9. The monoisotopic (exact) mass is 213 g/mol. The molecule has 1 amide bonds. The van der Waals surface area contributed by atoms with Gasteiger partial charge < -0.3 is 4.74 Å². The largest absolute Gasteiger partial charge is 0.444 e. The SMILES string of the molecule is C#C[C@H]1CN(C(=O)OC(C)(C)C)[C@@H]1CF. The molecule has 0 aliphatic carbocycles. The highest BCUT2D eigenvalue weighted by Gasteiger charge is 2.42. The van der Waals surface area contributed by atoms with E-state index in [0.717, 1.165) is 0 Å². The normalized spacial score (nSPS) is 25.4. The Morgan fingerprint density at radius 2 is 2.27 bits per heavy atom. The fourth-order valence-electron chi connectivity index (χ4n) is 1.43. The first-order valence-electron chi connectivity index (χ1n) is 4.90. The van der Waals surface area contributed by atoms with E-state index in [-0.39, 0.29) is 5.92 Å². The first kappa shape index (κ1) is 11.8. The van der Waals surface area contributed by atoms with Crippen LogP contribution in [0.15, 0.2) is 0 Å². The number of halogens is 1. The summed E-state index contributed by atoms with van der Waals surface area (Å²) >= 11 is 0. The van der Waals surface area contributed by atoms with Crippen LogP contribution in [0.2, 0.25) is 0 Å².